The van der Waals surface area contributed by atoms with Crippen molar-refractivity contribution in [3.63, 3.8) is 0 Å². The fourth-order valence-electron chi connectivity index (χ4n) is 1.97. The molecule has 0 atom stereocenters. The van der Waals surface area contributed by atoms with Gasteiger partial charge in [0.05, 0.1) is 0 Å². The van der Waals surface area contributed by atoms with E-state index < -0.39 is 0 Å². The van der Waals surface area contributed by atoms with Crippen LogP contribution in [0, 0.1) is 6.92 Å². The van der Waals surface area contributed by atoms with Crippen LogP contribution in [0.5, 0.6) is 0 Å². The van der Waals surface area contributed by atoms with Crippen molar-refractivity contribution in [2.45, 2.75) is 33.1 Å². The van der Waals surface area contributed by atoms with Crippen molar-refractivity contribution >= 4 is 5.78 Å². The Hall–Kier alpha value is -1.96. The molecule has 1 aromatic carbocycles. The van der Waals surface area contributed by atoms with E-state index >= 15 is 0 Å². The third-order valence-corrected chi connectivity index (χ3v) is 3.19. The predicted octanol–water partition coefficient (Wildman–Crippen LogP) is 3.31. The molecule has 0 fully saturated rings. The van der Waals surface area contributed by atoms with Gasteiger partial charge in [0.1, 0.15) is 5.78 Å². The molecule has 2 nitrogen and oxygen atoms in total. The number of Topliss-reactive ketones (excluding diaryl/α,β-unsaturated/α-hetero) is 1. The van der Waals surface area contributed by atoms with E-state index in [-0.39, 0.29) is 5.78 Å². The summed E-state index contributed by atoms with van der Waals surface area (Å²) >= 11 is 0. The van der Waals surface area contributed by atoms with Gasteiger partial charge in [-0.1, -0.05) is 42.8 Å². The van der Waals surface area contributed by atoms with Crippen LogP contribution in [0.1, 0.15) is 29.3 Å². The van der Waals surface area contributed by atoms with Gasteiger partial charge in [0, 0.05) is 24.7 Å². The summed E-state index contributed by atoms with van der Waals surface area (Å²) in [4.78, 5) is 16.3. The highest BCUT2D eigenvalue weighted by atomic mass is 16.1. The van der Waals surface area contributed by atoms with Crippen molar-refractivity contribution in [3.8, 4) is 0 Å². The van der Waals surface area contributed by atoms with E-state index in [1.807, 2.05) is 49.5 Å². The average molecular weight is 253 g/mol. The molecule has 0 saturated carbocycles. The molecular weight excluding hydrogens is 234 g/mol. The second-order valence-electron chi connectivity index (χ2n) is 4.89. The minimum Gasteiger partial charge on any atom is -0.299 e. The van der Waals surface area contributed by atoms with E-state index in [4.69, 9.17) is 0 Å². The number of pyridine rings is 1. The third-order valence-electron chi connectivity index (χ3n) is 3.19. The van der Waals surface area contributed by atoms with Gasteiger partial charge >= 0.3 is 0 Å². The van der Waals surface area contributed by atoms with Crippen LogP contribution in [0.3, 0.4) is 0 Å². The Labute approximate surface area is 114 Å². The summed E-state index contributed by atoms with van der Waals surface area (Å²) in [6.07, 6.45) is 3.73. The molecule has 2 heteroatoms. The summed E-state index contributed by atoms with van der Waals surface area (Å²) in [5.41, 5.74) is 4.35. The zero-order chi connectivity index (χ0) is 13.7. The third kappa shape index (κ3) is 4.02. The molecule has 2 aromatic rings. The number of carbonyl (C=O) groups excluding carboxylic acids is 1. The molecule has 19 heavy (non-hydrogen) atoms. The van der Waals surface area contributed by atoms with Crippen molar-refractivity contribution in [3.05, 3.63) is 65.0 Å². The van der Waals surface area contributed by atoms with Gasteiger partial charge in [-0.05, 0) is 30.5 Å². The Morgan fingerprint density at radius 2 is 1.68 bits per heavy atom. The van der Waals surface area contributed by atoms with E-state index in [1.165, 1.54) is 11.1 Å². The van der Waals surface area contributed by atoms with E-state index in [9.17, 15) is 4.79 Å². The summed E-state index contributed by atoms with van der Waals surface area (Å²) in [6.45, 7) is 4.14. The van der Waals surface area contributed by atoms with Crippen molar-refractivity contribution in [2.75, 3.05) is 0 Å². The number of aromatic nitrogens is 1. The molecule has 0 aliphatic rings. The summed E-state index contributed by atoms with van der Waals surface area (Å²) in [5, 5.41) is 0. The van der Waals surface area contributed by atoms with E-state index in [0.717, 1.165) is 17.7 Å². The zero-order valence-corrected chi connectivity index (χ0v) is 11.5. The van der Waals surface area contributed by atoms with Gasteiger partial charge in [-0.2, -0.15) is 0 Å². The Bertz CT molecular complexity index is 540. The second-order valence-corrected chi connectivity index (χ2v) is 4.89. The number of ketones is 1. The highest BCUT2D eigenvalue weighted by Gasteiger charge is 2.06. The Morgan fingerprint density at radius 1 is 1.00 bits per heavy atom. The van der Waals surface area contributed by atoms with Gasteiger partial charge in [-0.15, -0.1) is 0 Å². The van der Waals surface area contributed by atoms with Crippen LogP contribution in [-0.2, 0) is 24.1 Å². The number of rotatable bonds is 5. The molecule has 0 aliphatic heterocycles. The molecule has 0 amide bonds. The standard InChI is InChI=1S/C17H19NO/c1-3-14-8-9-16(18-12-14)11-17(19)10-15-6-4-13(2)5-7-15/h4-9,12H,3,10-11H2,1-2H3. The Kier molecular flexibility index (Phi) is 4.45. The first-order valence-corrected chi connectivity index (χ1v) is 6.68. The molecule has 0 saturated heterocycles. The zero-order valence-electron chi connectivity index (χ0n) is 11.5. The molecule has 98 valence electrons. The van der Waals surface area contributed by atoms with Gasteiger partial charge in [0.2, 0.25) is 0 Å². The first-order valence-electron chi connectivity index (χ1n) is 6.68. The lowest BCUT2D eigenvalue weighted by atomic mass is 10.0. The summed E-state index contributed by atoms with van der Waals surface area (Å²) in [6, 6.07) is 12.1. The topological polar surface area (TPSA) is 30.0 Å². The lowest BCUT2D eigenvalue weighted by molar-refractivity contribution is -0.117. The molecule has 1 aromatic heterocycles. The van der Waals surface area contributed by atoms with Crippen molar-refractivity contribution in [2.24, 2.45) is 0 Å². The molecule has 0 N–H and O–H groups in total. The maximum atomic E-state index is 12.0. The number of carbonyl (C=O) groups is 1. The van der Waals surface area contributed by atoms with Crippen LogP contribution < -0.4 is 0 Å². The maximum absolute atomic E-state index is 12.0. The van der Waals surface area contributed by atoms with Crippen LogP contribution in [0.15, 0.2) is 42.6 Å². The normalized spacial score (nSPS) is 10.4. The molecule has 0 radical (unpaired) electrons. The SMILES string of the molecule is CCc1ccc(CC(=O)Cc2ccc(C)cc2)nc1. The highest BCUT2D eigenvalue weighted by molar-refractivity contribution is 5.82. The number of hydrogen-bond donors (Lipinski definition) is 0. The molecule has 0 aliphatic carbocycles. The van der Waals surface area contributed by atoms with E-state index in [0.29, 0.717) is 12.8 Å². The van der Waals surface area contributed by atoms with Gasteiger partial charge < -0.3 is 0 Å². The van der Waals surface area contributed by atoms with Crippen LogP contribution in [0.2, 0.25) is 0 Å². The van der Waals surface area contributed by atoms with E-state index in [2.05, 4.69) is 11.9 Å². The molecule has 1 heterocycles. The monoisotopic (exact) mass is 253 g/mol. The smallest absolute Gasteiger partial charge is 0.143 e. The Morgan fingerprint density at radius 3 is 2.26 bits per heavy atom. The predicted molar refractivity (Wildman–Crippen MR) is 77.2 cm³/mol. The lowest BCUT2D eigenvalue weighted by Crippen LogP contribution is -2.08. The van der Waals surface area contributed by atoms with Gasteiger partial charge in [0.25, 0.3) is 0 Å². The molecule has 0 bridgehead atoms. The minimum absolute atomic E-state index is 0.209. The van der Waals surface area contributed by atoms with Crippen molar-refractivity contribution in [1.82, 2.24) is 4.98 Å². The molecule has 0 unspecified atom stereocenters. The quantitative estimate of drug-likeness (QED) is 0.818. The second kappa shape index (κ2) is 6.28. The fourth-order valence-corrected chi connectivity index (χ4v) is 1.97. The van der Waals surface area contributed by atoms with Gasteiger partial charge in [0.15, 0.2) is 0 Å². The maximum Gasteiger partial charge on any atom is 0.143 e. The summed E-state index contributed by atoms with van der Waals surface area (Å²) in [7, 11) is 0. The van der Waals surface area contributed by atoms with Crippen LogP contribution in [0.4, 0.5) is 0 Å². The van der Waals surface area contributed by atoms with Crippen molar-refractivity contribution < 1.29 is 4.79 Å². The Balaban J connectivity index is 1.95. The minimum atomic E-state index is 0.209. The van der Waals surface area contributed by atoms with E-state index in [1.54, 1.807) is 0 Å². The average Bonchev–Trinajstić information content (AvgIpc) is 2.42. The van der Waals surface area contributed by atoms with Crippen LogP contribution >= 0.6 is 0 Å². The van der Waals surface area contributed by atoms with Crippen LogP contribution in [-0.4, -0.2) is 10.8 Å². The number of hydrogen-bond acceptors (Lipinski definition) is 2. The lowest BCUT2D eigenvalue weighted by Gasteiger charge is -2.03. The molecule has 0 spiro atoms. The number of aryl methyl sites for hydroxylation is 2. The summed E-state index contributed by atoms with van der Waals surface area (Å²) < 4.78 is 0. The number of benzene rings is 1. The van der Waals surface area contributed by atoms with Gasteiger partial charge in [-0.25, -0.2) is 0 Å². The highest BCUT2D eigenvalue weighted by Crippen LogP contribution is 2.07. The largest absolute Gasteiger partial charge is 0.299 e. The number of nitrogens with zero attached hydrogens (tertiary/aromatic N) is 1. The van der Waals surface area contributed by atoms with Crippen LogP contribution in [0.25, 0.3) is 0 Å². The first-order chi connectivity index (χ1) is 9.17. The molecule has 2 rings (SSSR count). The fraction of sp³-hybridized carbons (Fsp3) is 0.294. The van der Waals surface area contributed by atoms with Gasteiger partial charge in [-0.3, -0.25) is 9.78 Å². The first kappa shape index (κ1) is 13.5. The molecular formula is C17H19NO. The van der Waals surface area contributed by atoms with Crippen molar-refractivity contribution in [1.29, 1.82) is 0 Å². The summed E-state index contributed by atoms with van der Waals surface area (Å²) in [5.74, 6) is 0.209.